The van der Waals surface area contributed by atoms with E-state index < -0.39 is 0 Å². The van der Waals surface area contributed by atoms with Crippen LogP contribution in [0.4, 0.5) is 0 Å². The smallest absolute Gasteiger partial charge is 0.140 e. The topological polar surface area (TPSA) is 26.3 Å². The van der Waals surface area contributed by atoms with E-state index in [0.717, 1.165) is 23.3 Å². The van der Waals surface area contributed by atoms with Crippen LogP contribution in [-0.4, -0.2) is 5.78 Å². The number of Topliss-reactive ketones (excluding diaryl/α,β-unsaturated/α-hetero) is 1. The Bertz CT molecular complexity index is 558. The molecule has 0 N–H and O–H groups in total. The number of rotatable bonds is 7. The Balaban J connectivity index is 1.94. The molecule has 0 bridgehead atoms. The summed E-state index contributed by atoms with van der Waals surface area (Å²) in [5, 5.41) is 0. The number of carbonyl (C=O) groups is 1. The predicted octanol–water partition coefficient (Wildman–Crippen LogP) is 4.74. The quantitative estimate of drug-likeness (QED) is 0.733. The van der Waals surface area contributed by atoms with Gasteiger partial charge in [0.25, 0.3) is 0 Å². The van der Waals surface area contributed by atoms with Crippen LogP contribution in [0.5, 0.6) is 5.75 Å². The van der Waals surface area contributed by atoms with Crippen molar-refractivity contribution in [3.63, 3.8) is 0 Å². The highest BCUT2D eigenvalue weighted by molar-refractivity contribution is 5.85. The molecule has 2 nitrogen and oxygen atoms in total. The molecule has 0 aliphatic heterocycles. The summed E-state index contributed by atoms with van der Waals surface area (Å²) in [5.41, 5.74) is 2.20. The van der Waals surface area contributed by atoms with Gasteiger partial charge >= 0.3 is 0 Å². The summed E-state index contributed by atoms with van der Waals surface area (Å²) in [6.45, 7) is 4.56. The van der Waals surface area contributed by atoms with Crippen LogP contribution in [0.15, 0.2) is 54.6 Å². The molecule has 110 valence electrons. The van der Waals surface area contributed by atoms with Crippen molar-refractivity contribution in [1.29, 1.82) is 0 Å². The van der Waals surface area contributed by atoms with Crippen molar-refractivity contribution in [1.82, 2.24) is 0 Å². The van der Waals surface area contributed by atoms with Gasteiger partial charge in [0.15, 0.2) is 0 Å². The molecule has 0 saturated carbocycles. The van der Waals surface area contributed by atoms with Gasteiger partial charge in [-0.3, -0.25) is 4.79 Å². The van der Waals surface area contributed by atoms with Crippen LogP contribution in [0.3, 0.4) is 0 Å². The Morgan fingerprint density at radius 3 is 2.33 bits per heavy atom. The maximum Gasteiger partial charge on any atom is 0.140 e. The molecule has 0 radical (unpaired) electrons. The Kier molecular flexibility index (Phi) is 5.56. The Hall–Kier alpha value is -2.09. The second kappa shape index (κ2) is 7.63. The van der Waals surface area contributed by atoms with Crippen molar-refractivity contribution in [2.75, 3.05) is 0 Å². The largest absolute Gasteiger partial charge is 0.489 e. The van der Waals surface area contributed by atoms with Gasteiger partial charge in [0.05, 0.1) is 0 Å². The summed E-state index contributed by atoms with van der Waals surface area (Å²) in [7, 11) is 0. The minimum atomic E-state index is -0.0341. The van der Waals surface area contributed by atoms with Crippen LogP contribution in [0.1, 0.15) is 43.7 Å². The highest BCUT2D eigenvalue weighted by Crippen LogP contribution is 2.22. The monoisotopic (exact) mass is 282 g/mol. The molecular formula is C19H22O2. The lowest BCUT2D eigenvalue weighted by Gasteiger charge is -2.12. The first-order valence-electron chi connectivity index (χ1n) is 7.50. The van der Waals surface area contributed by atoms with E-state index in [2.05, 4.69) is 0 Å². The molecule has 2 aromatic carbocycles. The van der Waals surface area contributed by atoms with Crippen molar-refractivity contribution in [3.8, 4) is 5.75 Å². The van der Waals surface area contributed by atoms with Gasteiger partial charge in [-0.1, -0.05) is 56.3 Å². The van der Waals surface area contributed by atoms with Crippen LogP contribution in [0.25, 0.3) is 0 Å². The summed E-state index contributed by atoms with van der Waals surface area (Å²) in [6, 6.07) is 17.9. The van der Waals surface area contributed by atoms with Crippen LogP contribution in [0.2, 0.25) is 0 Å². The van der Waals surface area contributed by atoms with E-state index in [0.29, 0.717) is 18.8 Å². The second-order valence-corrected chi connectivity index (χ2v) is 5.28. The highest BCUT2D eigenvalue weighted by atomic mass is 16.5. The van der Waals surface area contributed by atoms with Crippen molar-refractivity contribution in [2.24, 2.45) is 0 Å². The molecular weight excluding hydrogens is 260 g/mol. The van der Waals surface area contributed by atoms with Crippen LogP contribution in [0, 0.1) is 0 Å². The van der Waals surface area contributed by atoms with Gasteiger partial charge in [0.2, 0.25) is 0 Å². The standard InChI is InChI=1S/C19H22O2/c1-3-7-19(20)15(2)17-10-12-18(13-11-17)21-14-16-8-5-4-6-9-16/h4-6,8-13,15H,3,7,14H2,1-2H3. The lowest BCUT2D eigenvalue weighted by atomic mass is 9.94. The number of carbonyl (C=O) groups excluding carboxylic acids is 1. The fraction of sp³-hybridized carbons (Fsp3) is 0.316. The zero-order chi connectivity index (χ0) is 15.1. The Morgan fingerprint density at radius 2 is 1.71 bits per heavy atom. The molecule has 0 heterocycles. The average molecular weight is 282 g/mol. The van der Waals surface area contributed by atoms with E-state index in [1.54, 1.807) is 0 Å². The van der Waals surface area contributed by atoms with E-state index in [1.165, 1.54) is 0 Å². The average Bonchev–Trinajstić information content (AvgIpc) is 2.54. The normalized spacial score (nSPS) is 11.9. The molecule has 1 unspecified atom stereocenters. The van der Waals surface area contributed by atoms with Gasteiger partial charge in [0.1, 0.15) is 18.1 Å². The third-order valence-electron chi connectivity index (χ3n) is 3.61. The van der Waals surface area contributed by atoms with Crippen LogP contribution >= 0.6 is 0 Å². The third-order valence-corrected chi connectivity index (χ3v) is 3.61. The number of ether oxygens (including phenoxy) is 1. The molecule has 21 heavy (non-hydrogen) atoms. The predicted molar refractivity (Wildman–Crippen MR) is 85.5 cm³/mol. The van der Waals surface area contributed by atoms with Gasteiger partial charge in [-0.25, -0.2) is 0 Å². The van der Waals surface area contributed by atoms with Crippen molar-refractivity contribution >= 4 is 5.78 Å². The molecule has 0 spiro atoms. The molecule has 2 aromatic rings. The number of ketones is 1. The number of hydrogen-bond acceptors (Lipinski definition) is 2. The van der Waals surface area contributed by atoms with E-state index >= 15 is 0 Å². The minimum absolute atomic E-state index is 0.0341. The maximum absolute atomic E-state index is 11.9. The van der Waals surface area contributed by atoms with Crippen molar-refractivity contribution in [2.45, 2.75) is 39.2 Å². The first-order valence-corrected chi connectivity index (χ1v) is 7.50. The first-order chi connectivity index (χ1) is 10.2. The molecule has 0 aromatic heterocycles. The summed E-state index contributed by atoms with van der Waals surface area (Å²) in [4.78, 5) is 11.9. The number of benzene rings is 2. The van der Waals surface area contributed by atoms with Crippen molar-refractivity contribution in [3.05, 3.63) is 65.7 Å². The Morgan fingerprint density at radius 1 is 1.05 bits per heavy atom. The molecule has 0 fully saturated rings. The summed E-state index contributed by atoms with van der Waals surface area (Å²) >= 11 is 0. The Labute approximate surface area is 126 Å². The SMILES string of the molecule is CCCC(=O)C(C)c1ccc(OCc2ccccc2)cc1. The molecule has 0 amide bonds. The summed E-state index contributed by atoms with van der Waals surface area (Å²) in [5.74, 6) is 1.10. The molecule has 1 atom stereocenters. The zero-order valence-electron chi connectivity index (χ0n) is 12.7. The van der Waals surface area contributed by atoms with Gasteiger partial charge < -0.3 is 4.74 Å². The fourth-order valence-electron chi connectivity index (χ4n) is 2.24. The zero-order valence-corrected chi connectivity index (χ0v) is 12.7. The molecule has 0 saturated heterocycles. The van der Waals surface area contributed by atoms with Gasteiger partial charge in [-0.05, 0) is 29.7 Å². The van der Waals surface area contributed by atoms with Crippen molar-refractivity contribution < 1.29 is 9.53 Å². The van der Waals surface area contributed by atoms with Gasteiger partial charge in [-0.15, -0.1) is 0 Å². The fourth-order valence-corrected chi connectivity index (χ4v) is 2.24. The third kappa shape index (κ3) is 4.45. The molecule has 0 aliphatic carbocycles. The van der Waals surface area contributed by atoms with Crippen LogP contribution < -0.4 is 4.74 Å². The molecule has 0 aliphatic rings. The highest BCUT2D eigenvalue weighted by Gasteiger charge is 2.13. The van der Waals surface area contributed by atoms with E-state index in [4.69, 9.17) is 4.74 Å². The van der Waals surface area contributed by atoms with E-state index in [1.807, 2.05) is 68.4 Å². The lowest BCUT2D eigenvalue weighted by Crippen LogP contribution is -2.08. The van der Waals surface area contributed by atoms with E-state index in [9.17, 15) is 4.79 Å². The summed E-state index contributed by atoms with van der Waals surface area (Å²) < 4.78 is 5.75. The van der Waals surface area contributed by atoms with Gasteiger partial charge in [0, 0.05) is 12.3 Å². The lowest BCUT2D eigenvalue weighted by molar-refractivity contribution is -0.120. The van der Waals surface area contributed by atoms with Gasteiger partial charge in [-0.2, -0.15) is 0 Å². The minimum Gasteiger partial charge on any atom is -0.489 e. The second-order valence-electron chi connectivity index (χ2n) is 5.28. The maximum atomic E-state index is 11.9. The number of hydrogen-bond donors (Lipinski definition) is 0. The van der Waals surface area contributed by atoms with Crippen LogP contribution in [-0.2, 0) is 11.4 Å². The van der Waals surface area contributed by atoms with E-state index in [-0.39, 0.29) is 5.92 Å². The molecule has 2 rings (SSSR count). The first kappa shape index (κ1) is 15.3. The summed E-state index contributed by atoms with van der Waals surface area (Å²) in [6.07, 6.45) is 1.55. The molecule has 2 heteroatoms.